The molecule has 0 saturated heterocycles. The molecule has 7 nitrogen and oxygen atoms in total. The highest BCUT2D eigenvalue weighted by Crippen LogP contribution is 2.20. The van der Waals surface area contributed by atoms with Crippen LogP contribution in [-0.2, 0) is 19.7 Å². The molecule has 0 aliphatic rings. The van der Waals surface area contributed by atoms with Gasteiger partial charge >= 0.3 is 5.97 Å². The third-order valence-electron chi connectivity index (χ3n) is 2.59. The first-order valence-electron chi connectivity index (χ1n) is 5.65. The Balaban J connectivity index is 5.67. The quantitative estimate of drug-likeness (QED) is 0.492. The Hall–Kier alpha value is -1.67. The summed E-state index contributed by atoms with van der Waals surface area (Å²) in [5.41, 5.74) is -1.52. The molecule has 0 aromatic rings. The first kappa shape index (κ1) is 18.3. The molecule has 0 bridgehead atoms. The van der Waals surface area contributed by atoms with Crippen LogP contribution in [0.25, 0.3) is 0 Å². The maximum Gasteiger partial charge on any atom is 0.330 e. The van der Waals surface area contributed by atoms with E-state index in [-0.39, 0.29) is 11.1 Å². The van der Waals surface area contributed by atoms with Crippen molar-refractivity contribution < 1.29 is 27.7 Å². The Morgan fingerprint density at radius 2 is 1.75 bits per heavy atom. The fourth-order valence-electron chi connectivity index (χ4n) is 1.44. The van der Waals surface area contributed by atoms with Gasteiger partial charge in [0.05, 0.1) is 5.54 Å². The lowest BCUT2D eigenvalue weighted by Crippen LogP contribution is -2.54. The van der Waals surface area contributed by atoms with Crippen molar-refractivity contribution in [3.63, 3.8) is 0 Å². The highest BCUT2D eigenvalue weighted by atomic mass is 32.2. The van der Waals surface area contributed by atoms with E-state index >= 15 is 0 Å². The van der Waals surface area contributed by atoms with E-state index in [1.165, 1.54) is 27.7 Å². The first-order valence-corrected chi connectivity index (χ1v) is 7.15. The van der Waals surface area contributed by atoms with Gasteiger partial charge in [-0.1, -0.05) is 12.7 Å². The lowest BCUT2D eigenvalue weighted by atomic mass is 9.97. The second-order valence-electron chi connectivity index (χ2n) is 5.05. The third kappa shape index (κ3) is 5.14. The highest BCUT2D eigenvalue weighted by molar-refractivity contribution is 7.86. The van der Waals surface area contributed by atoms with Gasteiger partial charge in [0.2, 0.25) is 5.91 Å². The SMILES string of the molecule is C=C(C)C(=O)NC(C)(C)C(C=C(C)C(=O)O)S(=O)(=O)O. The standard InChI is InChI=1S/C12H19NO6S/c1-7(2)10(14)13-12(4,5)9(20(17,18)19)6-8(3)11(15)16/h6,9H,1H2,2-5H3,(H,13,14)(H,15,16)(H,17,18,19). The van der Waals surface area contributed by atoms with E-state index in [9.17, 15) is 22.6 Å². The maximum atomic E-state index is 11.6. The summed E-state index contributed by atoms with van der Waals surface area (Å²) in [6, 6.07) is 0. The van der Waals surface area contributed by atoms with Crippen molar-refractivity contribution in [3.05, 3.63) is 23.8 Å². The monoisotopic (exact) mass is 305 g/mol. The van der Waals surface area contributed by atoms with Crippen LogP contribution in [0.2, 0.25) is 0 Å². The van der Waals surface area contributed by atoms with Crippen molar-refractivity contribution in [3.8, 4) is 0 Å². The molecule has 0 heterocycles. The van der Waals surface area contributed by atoms with Crippen LogP contribution in [0, 0.1) is 0 Å². The molecule has 0 aliphatic heterocycles. The molecule has 0 aromatic heterocycles. The van der Waals surface area contributed by atoms with Crippen LogP contribution in [0.5, 0.6) is 0 Å². The number of carbonyl (C=O) groups is 2. The predicted octanol–water partition coefficient (Wildman–Crippen LogP) is 0.745. The third-order valence-corrected chi connectivity index (χ3v) is 3.96. The van der Waals surface area contributed by atoms with Gasteiger partial charge in [0.1, 0.15) is 5.25 Å². The summed E-state index contributed by atoms with van der Waals surface area (Å²) in [5, 5.41) is 9.58. The number of rotatable bonds is 6. The topological polar surface area (TPSA) is 121 Å². The predicted molar refractivity (Wildman–Crippen MR) is 73.8 cm³/mol. The Kier molecular flexibility index (Phi) is 5.67. The van der Waals surface area contributed by atoms with Gasteiger partial charge in [0.15, 0.2) is 0 Å². The molecule has 1 atom stereocenters. The number of hydrogen-bond donors (Lipinski definition) is 3. The molecule has 1 unspecified atom stereocenters. The van der Waals surface area contributed by atoms with Gasteiger partial charge in [0, 0.05) is 11.1 Å². The van der Waals surface area contributed by atoms with Gasteiger partial charge in [-0.2, -0.15) is 8.42 Å². The molecule has 0 aliphatic carbocycles. The largest absolute Gasteiger partial charge is 0.478 e. The normalized spacial score (nSPS) is 14.6. The lowest BCUT2D eigenvalue weighted by molar-refractivity contribution is -0.132. The summed E-state index contributed by atoms with van der Waals surface area (Å²) < 4.78 is 32.1. The Labute approximate surface area is 118 Å². The Morgan fingerprint density at radius 1 is 1.30 bits per heavy atom. The summed E-state index contributed by atoms with van der Waals surface area (Å²) in [4.78, 5) is 22.4. The van der Waals surface area contributed by atoms with Crippen molar-refractivity contribution >= 4 is 22.0 Å². The van der Waals surface area contributed by atoms with Crippen LogP contribution >= 0.6 is 0 Å². The van der Waals surface area contributed by atoms with Crippen molar-refractivity contribution in [2.45, 2.75) is 38.5 Å². The van der Waals surface area contributed by atoms with E-state index in [4.69, 9.17) is 5.11 Å². The molecule has 0 fully saturated rings. The molecular formula is C12H19NO6S. The molecule has 0 spiro atoms. The van der Waals surface area contributed by atoms with Gasteiger partial charge in [-0.15, -0.1) is 0 Å². The van der Waals surface area contributed by atoms with Gasteiger partial charge in [-0.05, 0) is 27.7 Å². The van der Waals surface area contributed by atoms with Crippen LogP contribution < -0.4 is 5.32 Å². The molecule has 0 aromatic carbocycles. The summed E-state index contributed by atoms with van der Waals surface area (Å²) in [6.45, 7) is 8.76. The average Bonchev–Trinajstić information content (AvgIpc) is 2.22. The smallest absolute Gasteiger partial charge is 0.330 e. The van der Waals surface area contributed by atoms with Crippen molar-refractivity contribution in [2.75, 3.05) is 0 Å². The maximum absolute atomic E-state index is 11.6. The number of carbonyl (C=O) groups excluding carboxylic acids is 1. The second kappa shape index (κ2) is 6.19. The lowest BCUT2D eigenvalue weighted by Gasteiger charge is -2.31. The summed E-state index contributed by atoms with van der Waals surface area (Å²) in [7, 11) is -4.61. The number of carboxylic acids is 1. The zero-order valence-corrected chi connectivity index (χ0v) is 12.6. The zero-order valence-electron chi connectivity index (χ0n) is 11.8. The summed E-state index contributed by atoms with van der Waals surface area (Å²) >= 11 is 0. The fourth-order valence-corrected chi connectivity index (χ4v) is 2.62. The van der Waals surface area contributed by atoms with E-state index in [0.29, 0.717) is 0 Å². The number of aliphatic carboxylic acids is 1. The van der Waals surface area contributed by atoms with Gasteiger partial charge in [-0.25, -0.2) is 4.79 Å². The van der Waals surface area contributed by atoms with E-state index < -0.39 is 32.8 Å². The molecule has 1 amide bonds. The average molecular weight is 305 g/mol. The molecule has 3 N–H and O–H groups in total. The van der Waals surface area contributed by atoms with Crippen LogP contribution in [0.4, 0.5) is 0 Å². The highest BCUT2D eigenvalue weighted by Gasteiger charge is 2.39. The Morgan fingerprint density at radius 3 is 2.05 bits per heavy atom. The van der Waals surface area contributed by atoms with Crippen LogP contribution in [0.15, 0.2) is 23.8 Å². The van der Waals surface area contributed by atoms with E-state index in [0.717, 1.165) is 6.08 Å². The molecule has 0 rings (SSSR count). The van der Waals surface area contributed by atoms with Crippen molar-refractivity contribution in [1.82, 2.24) is 5.32 Å². The number of carboxylic acid groups (broad SMARTS) is 1. The van der Waals surface area contributed by atoms with Gasteiger partial charge < -0.3 is 10.4 Å². The molecule has 0 radical (unpaired) electrons. The van der Waals surface area contributed by atoms with E-state index in [1.54, 1.807) is 0 Å². The molecular weight excluding hydrogens is 286 g/mol. The minimum Gasteiger partial charge on any atom is -0.478 e. The van der Waals surface area contributed by atoms with Crippen LogP contribution in [0.1, 0.15) is 27.7 Å². The molecule has 0 saturated carbocycles. The van der Waals surface area contributed by atoms with E-state index in [1.807, 2.05) is 0 Å². The summed E-state index contributed by atoms with van der Waals surface area (Å²) in [5.74, 6) is -1.91. The van der Waals surface area contributed by atoms with Gasteiger partial charge in [-0.3, -0.25) is 9.35 Å². The van der Waals surface area contributed by atoms with E-state index in [2.05, 4.69) is 11.9 Å². The van der Waals surface area contributed by atoms with Crippen molar-refractivity contribution in [2.24, 2.45) is 0 Å². The molecule has 8 heteroatoms. The van der Waals surface area contributed by atoms with Crippen molar-refractivity contribution in [1.29, 1.82) is 0 Å². The Bertz CT molecular complexity index is 558. The minimum atomic E-state index is -4.61. The minimum absolute atomic E-state index is 0.158. The fraction of sp³-hybridized carbons (Fsp3) is 0.500. The van der Waals surface area contributed by atoms with Gasteiger partial charge in [0.25, 0.3) is 10.1 Å². The molecule has 20 heavy (non-hydrogen) atoms. The molecule has 114 valence electrons. The second-order valence-corrected chi connectivity index (χ2v) is 6.58. The zero-order chi connectivity index (χ0) is 16.3. The number of nitrogens with one attached hydrogen (secondary N) is 1. The van der Waals surface area contributed by atoms with Crippen LogP contribution in [-0.4, -0.2) is 40.7 Å². The summed E-state index contributed by atoms with van der Waals surface area (Å²) in [6.07, 6.45) is 0.885. The van der Waals surface area contributed by atoms with Crippen LogP contribution in [0.3, 0.4) is 0 Å². The number of hydrogen-bond acceptors (Lipinski definition) is 4. The first-order chi connectivity index (χ1) is 8.79. The number of amides is 1.